The van der Waals surface area contributed by atoms with Gasteiger partial charge in [-0.25, -0.2) is 9.78 Å². The maximum Gasteiger partial charge on any atom is 0.337 e. The molecule has 0 saturated heterocycles. The maximum absolute atomic E-state index is 11.0. The molecule has 0 bridgehead atoms. The van der Waals surface area contributed by atoms with E-state index in [1.807, 2.05) is 18.2 Å². The van der Waals surface area contributed by atoms with E-state index in [-0.39, 0.29) is 16.5 Å². The van der Waals surface area contributed by atoms with Gasteiger partial charge in [0.25, 0.3) is 0 Å². The van der Waals surface area contributed by atoms with E-state index in [4.69, 9.17) is 21.4 Å². The van der Waals surface area contributed by atoms with Gasteiger partial charge < -0.3 is 9.84 Å². The number of ether oxygens (including phenoxy) is 1. The lowest BCUT2D eigenvalue weighted by Gasteiger charge is -2.09. The number of benzene rings is 1. The molecule has 0 saturated carbocycles. The lowest BCUT2D eigenvalue weighted by Crippen LogP contribution is -1.99. The van der Waals surface area contributed by atoms with E-state index in [0.717, 1.165) is 5.56 Å². The van der Waals surface area contributed by atoms with Gasteiger partial charge in [-0.15, -0.1) is 0 Å². The summed E-state index contributed by atoms with van der Waals surface area (Å²) in [7, 11) is 0. The number of carbonyl (C=O) groups is 1. The Balaban J connectivity index is 2.28. The molecular formula is C15H14ClNO3. The van der Waals surface area contributed by atoms with Crippen LogP contribution in [-0.4, -0.2) is 16.1 Å². The zero-order valence-corrected chi connectivity index (χ0v) is 11.9. The monoisotopic (exact) mass is 291 g/mol. The number of hydrogen-bond acceptors (Lipinski definition) is 3. The van der Waals surface area contributed by atoms with Gasteiger partial charge in [-0.3, -0.25) is 0 Å². The van der Waals surface area contributed by atoms with Crippen LogP contribution in [0, 0.1) is 0 Å². The third kappa shape index (κ3) is 3.27. The highest BCUT2D eigenvalue weighted by Crippen LogP contribution is 2.26. The third-order valence-electron chi connectivity index (χ3n) is 2.81. The average Bonchev–Trinajstić information content (AvgIpc) is 2.41. The highest BCUT2D eigenvalue weighted by molar-refractivity contribution is 6.33. The van der Waals surface area contributed by atoms with E-state index in [1.165, 1.54) is 12.3 Å². The van der Waals surface area contributed by atoms with Crippen molar-refractivity contribution in [3.8, 4) is 11.6 Å². The van der Waals surface area contributed by atoms with Gasteiger partial charge in [0.2, 0.25) is 5.88 Å². The molecule has 0 aliphatic rings. The largest absolute Gasteiger partial charge is 0.478 e. The minimum absolute atomic E-state index is 0.0309. The topological polar surface area (TPSA) is 59.4 Å². The van der Waals surface area contributed by atoms with Crippen LogP contribution in [0.25, 0.3) is 0 Å². The van der Waals surface area contributed by atoms with Gasteiger partial charge in [-0.2, -0.15) is 0 Å². The second-order valence-corrected chi connectivity index (χ2v) is 5.04. The zero-order valence-electron chi connectivity index (χ0n) is 11.1. The van der Waals surface area contributed by atoms with E-state index in [1.54, 1.807) is 6.07 Å². The Bertz CT molecular complexity index is 641. The summed E-state index contributed by atoms with van der Waals surface area (Å²) >= 11 is 5.76. The number of halogens is 1. The van der Waals surface area contributed by atoms with Crippen LogP contribution in [0.3, 0.4) is 0 Å². The molecule has 104 valence electrons. The highest BCUT2D eigenvalue weighted by Gasteiger charge is 2.12. The quantitative estimate of drug-likeness (QED) is 0.910. The summed E-state index contributed by atoms with van der Waals surface area (Å²) in [5.74, 6) is 0.0829. The minimum Gasteiger partial charge on any atom is -0.478 e. The number of aromatic nitrogens is 1. The fraction of sp³-hybridized carbons (Fsp3) is 0.200. The first-order chi connectivity index (χ1) is 9.47. The zero-order chi connectivity index (χ0) is 14.7. The summed E-state index contributed by atoms with van der Waals surface area (Å²) in [6.45, 7) is 4.17. The molecule has 0 aliphatic heterocycles. The van der Waals surface area contributed by atoms with Crippen molar-refractivity contribution in [2.24, 2.45) is 0 Å². The summed E-state index contributed by atoms with van der Waals surface area (Å²) in [6, 6.07) is 8.91. The predicted molar refractivity (Wildman–Crippen MR) is 76.8 cm³/mol. The molecule has 1 heterocycles. The fourth-order valence-electron chi connectivity index (χ4n) is 1.70. The van der Waals surface area contributed by atoms with Crippen molar-refractivity contribution in [3.63, 3.8) is 0 Å². The summed E-state index contributed by atoms with van der Waals surface area (Å²) in [5.41, 5.74) is 1.10. The summed E-state index contributed by atoms with van der Waals surface area (Å²) in [5, 5.41) is 9.09. The molecule has 0 unspecified atom stereocenters. The highest BCUT2D eigenvalue weighted by atomic mass is 35.5. The Kier molecular flexibility index (Phi) is 4.25. The molecular weight excluding hydrogens is 278 g/mol. The van der Waals surface area contributed by atoms with Gasteiger partial charge in [-0.1, -0.05) is 37.6 Å². The van der Waals surface area contributed by atoms with Crippen LogP contribution in [0.5, 0.6) is 11.6 Å². The molecule has 0 spiro atoms. The number of aromatic carboxylic acids is 1. The smallest absolute Gasteiger partial charge is 0.337 e. The van der Waals surface area contributed by atoms with E-state index in [9.17, 15) is 4.79 Å². The van der Waals surface area contributed by atoms with Crippen molar-refractivity contribution in [2.75, 3.05) is 0 Å². The number of pyridine rings is 1. The Morgan fingerprint density at radius 3 is 2.75 bits per heavy atom. The predicted octanol–water partition coefficient (Wildman–Crippen LogP) is 4.35. The molecule has 5 heteroatoms. The molecule has 1 aromatic heterocycles. The molecule has 2 aromatic rings. The number of hydrogen-bond donors (Lipinski definition) is 1. The molecule has 20 heavy (non-hydrogen) atoms. The number of rotatable bonds is 4. The van der Waals surface area contributed by atoms with Gasteiger partial charge in [0.15, 0.2) is 0 Å². The first kappa shape index (κ1) is 14.3. The van der Waals surface area contributed by atoms with Crippen molar-refractivity contribution < 1.29 is 14.6 Å². The number of nitrogens with zero attached hydrogens (tertiary/aromatic N) is 1. The fourth-order valence-corrected chi connectivity index (χ4v) is 1.88. The van der Waals surface area contributed by atoms with Gasteiger partial charge in [-0.05, 0) is 23.6 Å². The van der Waals surface area contributed by atoms with Crippen LogP contribution in [0.1, 0.15) is 35.7 Å². The standard InChI is InChI=1S/C15H14ClNO3/c1-9(2)10-4-3-5-11(6-10)20-14-7-12(15(18)19)13(16)8-17-14/h3-9H,1-2H3,(H,18,19). The maximum atomic E-state index is 11.0. The molecule has 1 N–H and O–H groups in total. The normalized spacial score (nSPS) is 10.6. The van der Waals surface area contributed by atoms with Crippen molar-refractivity contribution in [1.82, 2.24) is 4.98 Å². The van der Waals surface area contributed by atoms with Crippen molar-refractivity contribution in [3.05, 3.63) is 52.7 Å². The van der Waals surface area contributed by atoms with Crippen LogP contribution < -0.4 is 4.74 Å². The lowest BCUT2D eigenvalue weighted by atomic mass is 10.0. The minimum atomic E-state index is -1.11. The van der Waals surface area contributed by atoms with Gasteiger partial charge >= 0.3 is 5.97 Å². The van der Waals surface area contributed by atoms with Gasteiger partial charge in [0, 0.05) is 6.07 Å². The Morgan fingerprint density at radius 1 is 1.35 bits per heavy atom. The molecule has 1 aromatic carbocycles. The molecule has 0 amide bonds. The number of carboxylic acid groups (broad SMARTS) is 1. The Hall–Kier alpha value is -2.07. The molecule has 0 radical (unpaired) electrons. The molecule has 2 rings (SSSR count). The summed E-state index contributed by atoms with van der Waals surface area (Å²) < 4.78 is 5.58. The number of carboxylic acids is 1. The van der Waals surface area contributed by atoms with Gasteiger partial charge in [0.05, 0.1) is 16.8 Å². The molecule has 0 aliphatic carbocycles. The van der Waals surface area contributed by atoms with E-state index in [0.29, 0.717) is 11.7 Å². The summed E-state index contributed by atoms with van der Waals surface area (Å²) in [4.78, 5) is 15.0. The van der Waals surface area contributed by atoms with Gasteiger partial charge in [0.1, 0.15) is 5.75 Å². The van der Waals surface area contributed by atoms with E-state index < -0.39 is 5.97 Å². The molecule has 0 atom stereocenters. The van der Waals surface area contributed by atoms with Crippen LogP contribution in [0.2, 0.25) is 5.02 Å². The lowest BCUT2D eigenvalue weighted by molar-refractivity contribution is 0.0696. The second kappa shape index (κ2) is 5.92. The summed E-state index contributed by atoms with van der Waals surface area (Å²) in [6.07, 6.45) is 1.27. The van der Waals surface area contributed by atoms with Crippen LogP contribution >= 0.6 is 11.6 Å². The van der Waals surface area contributed by atoms with E-state index >= 15 is 0 Å². The average molecular weight is 292 g/mol. The first-order valence-corrected chi connectivity index (χ1v) is 6.52. The van der Waals surface area contributed by atoms with Crippen molar-refractivity contribution in [1.29, 1.82) is 0 Å². The second-order valence-electron chi connectivity index (χ2n) is 4.64. The Morgan fingerprint density at radius 2 is 2.10 bits per heavy atom. The van der Waals surface area contributed by atoms with E-state index in [2.05, 4.69) is 18.8 Å². The van der Waals surface area contributed by atoms with Crippen LogP contribution in [0.15, 0.2) is 36.5 Å². The van der Waals surface area contributed by atoms with Crippen molar-refractivity contribution in [2.45, 2.75) is 19.8 Å². The SMILES string of the molecule is CC(C)c1cccc(Oc2cc(C(=O)O)c(Cl)cn2)c1. The van der Waals surface area contributed by atoms with Crippen LogP contribution in [0.4, 0.5) is 0 Å². The van der Waals surface area contributed by atoms with Crippen LogP contribution in [-0.2, 0) is 0 Å². The third-order valence-corrected chi connectivity index (χ3v) is 3.11. The first-order valence-electron chi connectivity index (χ1n) is 6.14. The molecule has 4 nitrogen and oxygen atoms in total. The molecule has 0 fully saturated rings. The Labute approximate surface area is 122 Å². The van der Waals surface area contributed by atoms with Crippen molar-refractivity contribution >= 4 is 17.6 Å².